The van der Waals surface area contributed by atoms with Crippen LogP contribution in [-0.2, 0) is 0 Å². The molecular weight excluding hydrogens is 268 g/mol. The second-order valence-corrected chi connectivity index (χ2v) is 4.79. The van der Waals surface area contributed by atoms with E-state index in [2.05, 4.69) is 17.1 Å². The number of ether oxygens (including phenoxy) is 1. The zero-order valence-electron chi connectivity index (χ0n) is 10.6. The molecule has 98 valence electrons. The molecular formula is C16H12N2OS. The first-order chi connectivity index (χ1) is 9.72. The van der Waals surface area contributed by atoms with Crippen molar-refractivity contribution in [3.05, 3.63) is 66.5 Å². The highest BCUT2D eigenvalue weighted by Gasteiger charge is 2.02. The van der Waals surface area contributed by atoms with Crippen molar-refractivity contribution in [2.24, 2.45) is 5.73 Å². The minimum Gasteiger partial charge on any atom is -0.456 e. The third kappa shape index (κ3) is 2.60. The van der Waals surface area contributed by atoms with Gasteiger partial charge in [0.15, 0.2) is 0 Å². The van der Waals surface area contributed by atoms with E-state index in [-0.39, 0.29) is 4.99 Å². The molecule has 2 N–H and O–H groups in total. The molecule has 4 heteroatoms. The Morgan fingerprint density at radius 2 is 1.70 bits per heavy atom. The van der Waals surface area contributed by atoms with Crippen LogP contribution in [0.1, 0.15) is 5.69 Å². The summed E-state index contributed by atoms with van der Waals surface area (Å²) in [7, 11) is 0. The molecule has 0 aliphatic heterocycles. The van der Waals surface area contributed by atoms with E-state index in [1.165, 1.54) is 5.39 Å². The molecule has 3 rings (SSSR count). The van der Waals surface area contributed by atoms with Crippen molar-refractivity contribution in [1.82, 2.24) is 4.98 Å². The number of nitrogens with zero attached hydrogens (tertiary/aromatic N) is 1. The lowest BCUT2D eigenvalue weighted by Gasteiger charge is -2.07. The monoisotopic (exact) mass is 280 g/mol. The zero-order valence-corrected chi connectivity index (χ0v) is 11.4. The highest BCUT2D eigenvalue weighted by molar-refractivity contribution is 7.80. The van der Waals surface area contributed by atoms with Crippen LogP contribution in [0.5, 0.6) is 11.5 Å². The summed E-state index contributed by atoms with van der Waals surface area (Å²) in [6.07, 6.45) is 1.61. The van der Waals surface area contributed by atoms with Crippen LogP contribution in [0.3, 0.4) is 0 Å². The van der Waals surface area contributed by atoms with Crippen molar-refractivity contribution < 1.29 is 4.74 Å². The van der Waals surface area contributed by atoms with Crippen molar-refractivity contribution in [3.8, 4) is 11.5 Å². The summed E-state index contributed by atoms with van der Waals surface area (Å²) in [5.74, 6) is 1.42. The largest absolute Gasteiger partial charge is 0.456 e. The molecule has 1 aromatic heterocycles. The highest BCUT2D eigenvalue weighted by Crippen LogP contribution is 2.25. The lowest BCUT2D eigenvalue weighted by atomic mass is 10.1. The van der Waals surface area contributed by atoms with E-state index in [9.17, 15) is 0 Å². The second-order valence-electron chi connectivity index (χ2n) is 4.35. The highest BCUT2D eigenvalue weighted by atomic mass is 32.1. The molecule has 0 unspecified atom stereocenters. The molecule has 2 aromatic carbocycles. The molecule has 0 bridgehead atoms. The number of fused-ring (bicyclic) bond motifs is 1. The normalized spacial score (nSPS) is 10.4. The number of nitrogens with two attached hydrogens (primary N) is 1. The first-order valence-electron chi connectivity index (χ1n) is 6.15. The van der Waals surface area contributed by atoms with Crippen LogP contribution in [0.15, 0.2) is 60.8 Å². The van der Waals surface area contributed by atoms with Crippen LogP contribution in [0.2, 0.25) is 0 Å². The molecule has 0 saturated carbocycles. The molecule has 0 spiro atoms. The smallest absolute Gasteiger partial charge is 0.145 e. The molecule has 0 aliphatic carbocycles. The Kier molecular flexibility index (Phi) is 3.31. The second kappa shape index (κ2) is 5.27. The molecule has 0 aliphatic rings. The Bertz CT molecular complexity index is 769. The molecule has 0 radical (unpaired) electrons. The maximum Gasteiger partial charge on any atom is 0.145 e. The Morgan fingerprint density at radius 3 is 2.40 bits per heavy atom. The minimum atomic E-state index is 0.280. The number of thiocarbonyl (C=S) groups is 1. The fraction of sp³-hybridized carbons (Fsp3) is 0. The Balaban J connectivity index is 1.87. The van der Waals surface area contributed by atoms with E-state index >= 15 is 0 Å². The average molecular weight is 280 g/mol. The molecule has 0 saturated heterocycles. The molecule has 3 nitrogen and oxygen atoms in total. The molecule has 1 heterocycles. The van der Waals surface area contributed by atoms with Crippen LogP contribution in [0, 0.1) is 0 Å². The minimum absolute atomic E-state index is 0.280. The Labute approximate surface area is 122 Å². The molecule has 0 atom stereocenters. The Morgan fingerprint density at radius 1 is 0.950 bits per heavy atom. The van der Waals surface area contributed by atoms with Gasteiger partial charge in [-0.2, -0.15) is 0 Å². The molecule has 20 heavy (non-hydrogen) atoms. The number of hydrogen-bond donors (Lipinski definition) is 1. The lowest BCUT2D eigenvalue weighted by Crippen LogP contribution is -2.10. The third-order valence-electron chi connectivity index (χ3n) is 2.95. The van der Waals surface area contributed by atoms with Crippen LogP contribution in [-0.4, -0.2) is 9.97 Å². The number of pyridine rings is 1. The van der Waals surface area contributed by atoms with Gasteiger partial charge in [-0.25, -0.2) is 4.98 Å². The first kappa shape index (κ1) is 12.6. The number of benzene rings is 2. The van der Waals surface area contributed by atoms with Crippen molar-refractivity contribution in [3.63, 3.8) is 0 Å². The van der Waals surface area contributed by atoms with Gasteiger partial charge in [-0.05, 0) is 35.0 Å². The van der Waals surface area contributed by atoms with Crippen LogP contribution in [0.25, 0.3) is 10.8 Å². The van der Waals surface area contributed by atoms with Crippen molar-refractivity contribution in [2.45, 2.75) is 0 Å². The topological polar surface area (TPSA) is 48.1 Å². The van der Waals surface area contributed by atoms with Gasteiger partial charge < -0.3 is 10.5 Å². The van der Waals surface area contributed by atoms with Crippen LogP contribution < -0.4 is 10.5 Å². The number of rotatable bonds is 3. The van der Waals surface area contributed by atoms with Gasteiger partial charge in [-0.1, -0.05) is 42.5 Å². The van der Waals surface area contributed by atoms with E-state index in [1.807, 2.05) is 30.3 Å². The molecule has 0 amide bonds. The van der Waals surface area contributed by atoms with E-state index in [0.717, 1.165) is 11.1 Å². The maximum absolute atomic E-state index is 5.77. The SMILES string of the molecule is NC(=S)c1ccc(Oc2ccc3ccccc3c2)cn1. The van der Waals surface area contributed by atoms with Crippen molar-refractivity contribution >= 4 is 28.0 Å². The zero-order chi connectivity index (χ0) is 13.9. The van der Waals surface area contributed by atoms with Gasteiger partial charge in [0.1, 0.15) is 16.5 Å². The van der Waals surface area contributed by atoms with Crippen LogP contribution in [0.4, 0.5) is 0 Å². The van der Waals surface area contributed by atoms with Gasteiger partial charge in [-0.3, -0.25) is 0 Å². The van der Waals surface area contributed by atoms with E-state index in [4.69, 9.17) is 22.7 Å². The standard InChI is InChI=1S/C16H12N2OS/c17-16(20)15-8-7-14(10-18-15)19-13-6-5-11-3-1-2-4-12(11)9-13/h1-10H,(H2,17,20). The fourth-order valence-electron chi connectivity index (χ4n) is 1.95. The van der Waals surface area contributed by atoms with Gasteiger partial charge >= 0.3 is 0 Å². The fourth-order valence-corrected chi connectivity index (χ4v) is 2.07. The number of aromatic nitrogens is 1. The van der Waals surface area contributed by atoms with Gasteiger partial charge in [0, 0.05) is 0 Å². The summed E-state index contributed by atoms with van der Waals surface area (Å²) in [6.45, 7) is 0. The first-order valence-corrected chi connectivity index (χ1v) is 6.56. The van der Waals surface area contributed by atoms with Crippen molar-refractivity contribution in [1.29, 1.82) is 0 Å². The summed E-state index contributed by atoms with van der Waals surface area (Å²) in [4.78, 5) is 4.43. The lowest BCUT2D eigenvalue weighted by molar-refractivity contribution is 0.481. The Hall–Kier alpha value is -2.46. The average Bonchev–Trinajstić information content (AvgIpc) is 2.48. The maximum atomic E-state index is 5.77. The van der Waals surface area contributed by atoms with E-state index < -0.39 is 0 Å². The predicted molar refractivity (Wildman–Crippen MR) is 84.1 cm³/mol. The van der Waals surface area contributed by atoms with Gasteiger partial charge in [-0.15, -0.1) is 0 Å². The molecule has 3 aromatic rings. The van der Waals surface area contributed by atoms with Gasteiger partial charge in [0.25, 0.3) is 0 Å². The summed E-state index contributed by atoms with van der Waals surface area (Å²) < 4.78 is 5.77. The summed E-state index contributed by atoms with van der Waals surface area (Å²) >= 11 is 4.86. The summed E-state index contributed by atoms with van der Waals surface area (Å²) in [5.41, 5.74) is 6.10. The third-order valence-corrected chi connectivity index (χ3v) is 3.15. The van der Waals surface area contributed by atoms with Gasteiger partial charge in [0.05, 0.1) is 11.9 Å². The van der Waals surface area contributed by atoms with Crippen molar-refractivity contribution in [2.75, 3.05) is 0 Å². The van der Waals surface area contributed by atoms with Gasteiger partial charge in [0.2, 0.25) is 0 Å². The predicted octanol–water partition coefficient (Wildman–Crippen LogP) is 3.66. The van der Waals surface area contributed by atoms with E-state index in [1.54, 1.807) is 18.3 Å². The molecule has 0 fully saturated rings. The number of hydrogen-bond acceptors (Lipinski definition) is 3. The van der Waals surface area contributed by atoms with Crippen LogP contribution >= 0.6 is 12.2 Å². The quantitative estimate of drug-likeness (QED) is 0.744. The van der Waals surface area contributed by atoms with E-state index in [0.29, 0.717) is 11.4 Å². The summed E-state index contributed by atoms with van der Waals surface area (Å²) in [5, 5.41) is 2.32. The summed E-state index contributed by atoms with van der Waals surface area (Å²) in [6, 6.07) is 17.7.